The molecule has 0 atom stereocenters. The summed E-state index contributed by atoms with van der Waals surface area (Å²) in [5.41, 5.74) is 0.548. The Morgan fingerprint density at radius 2 is 2.21 bits per heavy atom. The number of hydrogen-bond donors (Lipinski definition) is 1. The molecule has 78 valence electrons. The van der Waals surface area contributed by atoms with Crippen molar-refractivity contribution < 1.29 is 9.84 Å². The highest BCUT2D eigenvalue weighted by Crippen LogP contribution is 2.22. The monoisotopic (exact) mass is 215 g/mol. The van der Waals surface area contributed by atoms with E-state index in [0.29, 0.717) is 29.1 Å². The predicted octanol–water partition coefficient (Wildman–Crippen LogP) is 2.26. The van der Waals surface area contributed by atoms with Crippen LogP contribution in [-0.2, 0) is 6.61 Å². The molecule has 0 aliphatic rings. The molecule has 0 aliphatic heterocycles. The average molecular weight is 216 g/mol. The summed E-state index contributed by atoms with van der Waals surface area (Å²) >= 11 is 5.84. The SMILES string of the molecule is CC(C)COc1ccc(CO)nc1Cl. The number of rotatable bonds is 4. The first-order valence-corrected chi connectivity index (χ1v) is 4.90. The van der Waals surface area contributed by atoms with Crippen LogP contribution in [0.15, 0.2) is 12.1 Å². The van der Waals surface area contributed by atoms with E-state index in [1.165, 1.54) is 0 Å². The number of aliphatic hydroxyl groups is 1. The molecule has 1 N–H and O–H groups in total. The first-order chi connectivity index (χ1) is 6.63. The van der Waals surface area contributed by atoms with Gasteiger partial charge in [-0.25, -0.2) is 4.98 Å². The smallest absolute Gasteiger partial charge is 0.171 e. The van der Waals surface area contributed by atoms with Crippen LogP contribution in [-0.4, -0.2) is 16.7 Å². The number of halogens is 1. The average Bonchev–Trinajstić information content (AvgIpc) is 2.15. The molecule has 14 heavy (non-hydrogen) atoms. The fourth-order valence-corrected chi connectivity index (χ4v) is 1.14. The molecular formula is C10H14ClNO2. The zero-order valence-corrected chi connectivity index (χ0v) is 9.08. The molecule has 0 aliphatic carbocycles. The summed E-state index contributed by atoms with van der Waals surface area (Å²) in [5, 5.41) is 9.11. The third-order valence-corrected chi connectivity index (χ3v) is 1.88. The van der Waals surface area contributed by atoms with E-state index in [-0.39, 0.29) is 6.61 Å². The van der Waals surface area contributed by atoms with Crippen LogP contribution in [0.1, 0.15) is 19.5 Å². The first kappa shape index (κ1) is 11.3. The number of hydrogen-bond acceptors (Lipinski definition) is 3. The van der Waals surface area contributed by atoms with E-state index in [2.05, 4.69) is 18.8 Å². The van der Waals surface area contributed by atoms with Crippen LogP contribution in [0.2, 0.25) is 5.15 Å². The third-order valence-electron chi connectivity index (χ3n) is 1.61. The number of aliphatic hydroxyl groups excluding tert-OH is 1. The Kier molecular flexibility index (Phi) is 4.17. The molecule has 1 heterocycles. The van der Waals surface area contributed by atoms with E-state index in [0.717, 1.165) is 0 Å². The Balaban J connectivity index is 2.69. The van der Waals surface area contributed by atoms with E-state index < -0.39 is 0 Å². The molecule has 4 heteroatoms. The fourth-order valence-electron chi connectivity index (χ4n) is 0.911. The van der Waals surface area contributed by atoms with E-state index >= 15 is 0 Å². The molecule has 0 bridgehead atoms. The number of pyridine rings is 1. The zero-order chi connectivity index (χ0) is 10.6. The van der Waals surface area contributed by atoms with Gasteiger partial charge in [-0.05, 0) is 18.1 Å². The van der Waals surface area contributed by atoms with Crippen LogP contribution in [0, 0.1) is 5.92 Å². The van der Waals surface area contributed by atoms with Gasteiger partial charge in [0.2, 0.25) is 0 Å². The van der Waals surface area contributed by atoms with Crippen molar-refractivity contribution in [3.05, 3.63) is 23.0 Å². The lowest BCUT2D eigenvalue weighted by atomic mass is 10.2. The molecule has 0 saturated carbocycles. The van der Waals surface area contributed by atoms with Gasteiger partial charge in [-0.2, -0.15) is 0 Å². The second-order valence-corrected chi connectivity index (χ2v) is 3.81. The van der Waals surface area contributed by atoms with E-state index in [9.17, 15) is 0 Å². The molecule has 1 rings (SSSR count). The lowest BCUT2D eigenvalue weighted by Crippen LogP contribution is -2.05. The number of ether oxygens (including phenoxy) is 1. The maximum absolute atomic E-state index is 8.81. The van der Waals surface area contributed by atoms with Crippen LogP contribution in [0.25, 0.3) is 0 Å². The van der Waals surface area contributed by atoms with Crippen molar-refractivity contribution in [3.63, 3.8) is 0 Å². The molecule has 3 nitrogen and oxygen atoms in total. The van der Waals surface area contributed by atoms with Gasteiger partial charge in [0.15, 0.2) is 10.9 Å². The summed E-state index contributed by atoms with van der Waals surface area (Å²) in [6.07, 6.45) is 0. The van der Waals surface area contributed by atoms with Gasteiger partial charge in [0.25, 0.3) is 0 Å². The van der Waals surface area contributed by atoms with Gasteiger partial charge in [0.05, 0.1) is 18.9 Å². The summed E-state index contributed by atoms with van der Waals surface area (Å²) in [5.74, 6) is 1.01. The molecule has 0 saturated heterocycles. The highest BCUT2D eigenvalue weighted by Gasteiger charge is 2.05. The number of nitrogens with zero attached hydrogens (tertiary/aromatic N) is 1. The lowest BCUT2D eigenvalue weighted by molar-refractivity contribution is 0.266. The summed E-state index contributed by atoms with van der Waals surface area (Å²) in [4.78, 5) is 3.96. The van der Waals surface area contributed by atoms with Crippen LogP contribution in [0.4, 0.5) is 0 Å². The molecule has 0 aromatic carbocycles. The molecular weight excluding hydrogens is 202 g/mol. The normalized spacial score (nSPS) is 10.6. The number of aromatic nitrogens is 1. The Morgan fingerprint density at radius 3 is 2.71 bits per heavy atom. The van der Waals surface area contributed by atoms with Gasteiger partial charge in [-0.1, -0.05) is 25.4 Å². The largest absolute Gasteiger partial charge is 0.490 e. The van der Waals surface area contributed by atoms with Gasteiger partial charge in [0, 0.05) is 0 Å². The van der Waals surface area contributed by atoms with Crippen molar-refractivity contribution in [2.75, 3.05) is 6.61 Å². The fraction of sp³-hybridized carbons (Fsp3) is 0.500. The molecule has 1 aromatic heterocycles. The van der Waals surface area contributed by atoms with Gasteiger partial charge in [0.1, 0.15) is 0 Å². The Labute approximate surface area is 88.7 Å². The highest BCUT2D eigenvalue weighted by molar-refractivity contribution is 6.30. The second-order valence-electron chi connectivity index (χ2n) is 3.45. The summed E-state index contributed by atoms with van der Waals surface area (Å²) in [6, 6.07) is 3.42. The molecule has 1 aromatic rings. The van der Waals surface area contributed by atoms with E-state index in [4.69, 9.17) is 21.4 Å². The van der Waals surface area contributed by atoms with Gasteiger partial charge >= 0.3 is 0 Å². The van der Waals surface area contributed by atoms with Crippen molar-refractivity contribution in [2.24, 2.45) is 5.92 Å². The van der Waals surface area contributed by atoms with Crippen molar-refractivity contribution in [2.45, 2.75) is 20.5 Å². The van der Waals surface area contributed by atoms with Crippen LogP contribution >= 0.6 is 11.6 Å². The third kappa shape index (κ3) is 3.16. The molecule has 0 radical (unpaired) electrons. The maximum Gasteiger partial charge on any atom is 0.171 e. The molecule has 0 amide bonds. The van der Waals surface area contributed by atoms with Gasteiger partial charge in [-0.15, -0.1) is 0 Å². The zero-order valence-electron chi connectivity index (χ0n) is 8.33. The predicted molar refractivity (Wildman–Crippen MR) is 55.5 cm³/mol. The second kappa shape index (κ2) is 5.17. The highest BCUT2D eigenvalue weighted by atomic mass is 35.5. The van der Waals surface area contributed by atoms with Crippen LogP contribution in [0.3, 0.4) is 0 Å². The summed E-state index contributed by atoms with van der Waals surface area (Å²) in [7, 11) is 0. The first-order valence-electron chi connectivity index (χ1n) is 4.52. The van der Waals surface area contributed by atoms with Gasteiger partial charge < -0.3 is 9.84 Å². The minimum Gasteiger partial charge on any atom is -0.490 e. The Morgan fingerprint density at radius 1 is 1.50 bits per heavy atom. The topological polar surface area (TPSA) is 42.4 Å². The molecule has 0 fully saturated rings. The molecule has 0 spiro atoms. The van der Waals surface area contributed by atoms with E-state index in [1.807, 2.05) is 0 Å². The van der Waals surface area contributed by atoms with Gasteiger partial charge in [-0.3, -0.25) is 0 Å². The van der Waals surface area contributed by atoms with Crippen LogP contribution < -0.4 is 4.74 Å². The van der Waals surface area contributed by atoms with Crippen molar-refractivity contribution in [3.8, 4) is 5.75 Å². The molecule has 0 unspecified atom stereocenters. The quantitative estimate of drug-likeness (QED) is 0.784. The minimum absolute atomic E-state index is 0.107. The minimum atomic E-state index is -0.107. The summed E-state index contributed by atoms with van der Waals surface area (Å²) in [6.45, 7) is 4.62. The maximum atomic E-state index is 8.81. The Bertz CT molecular complexity index is 302. The lowest BCUT2D eigenvalue weighted by Gasteiger charge is -2.09. The van der Waals surface area contributed by atoms with E-state index in [1.54, 1.807) is 12.1 Å². The van der Waals surface area contributed by atoms with Crippen molar-refractivity contribution in [1.82, 2.24) is 4.98 Å². The summed E-state index contributed by atoms with van der Waals surface area (Å²) < 4.78 is 5.42. The van der Waals surface area contributed by atoms with Crippen molar-refractivity contribution >= 4 is 11.6 Å². The van der Waals surface area contributed by atoms with Crippen molar-refractivity contribution in [1.29, 1.82) is 0 Å². The standard InChI is InChI=1S/C10H14ClNO2/c1-7(2)6-14-9-4-3-8(5-13)12-10(9)11/h3-4,7,13H,5-6H2,1-2H3. The van der Waals surface area contributed by atoms with Crippen LogP contribution in [0.5, 0.6) is 5.75 Å². The Hall–Kier alpha value is -0.800.